The number of hydrogen-bond donors (Lipinski definition) is 2. The smallest absolute Gasteiger partial charge is 0.247 e. The molecule has 144 valence electrons. The lowest BCUT2D eigenvalue weighted by Crippen LogP contribution is -2.55. The Labute approximate surface area is 168 Å². The number of carbonyl (C=O) groups excluding carboxylic acids is 1. The molecule has 0 saturated carbocycles. The number of carbonyl (C=O) groups is 1. The standard InChI is InChI=1S/C15H18N4O3S2.2ClH/c1-24(21,22)15(5-8-16-9-6-15)13(20)19-14-18-12(10-23-14)11-4-2-3-7-17-11;;/h2-4,7,10,16H,5-6,8-9H2,1H3,(H,18,19,20);2*1H. The minimum Gasteiger partial charge on any atom is -0.317 e. The van der Waals surface area contributed by atoms with Crippen molar-refractivity contribution in [1.29, 1.82) is 0 Å². The molecule has 3 heterocycles. The summed E-state index contributed by atoms with van der Waals surface area (Å²) in [5.41, 5.74) is 1.35. The molecule has 11 heteroatoms. The second-order valence-electron chi connectivity index (χ2n) is 5.72. The highest BCUT2D eigenvalue weighted by molar-refractivity contribution is 7.92. The quantitative estimate of drug-likeness (QED) is 0.757. The Hall–Kier alpha value is -1.26. The zero-order chi connectivity index (χ0) is 17.2. The number of halogens is 2. The van der Waals surface area contributed by atoms with Gasteiger partial charge in [0.15, 0.2) is 19.7 Å². The lowest BCUT2D eigenvalue weighted by atomic mass is 9.96. The highest BCUT2D eigenvalue weighted by Gasteiger charge is 2.48. The van der Waals surface area contributed by atoms with Crippen molar-refractivity contribution in [3.05, 3.63) is 29.8 Å². The Balaban J connectivity index is 0.00000169. The second-order valence-corrected chi connectivity index (χ2v) is 8.91. The number of anilines is 1. The average molecular weight is 439 g/mol. The molecule has 1 aliphatic heterocycles. The first-order valence-electron chi connectivity index (χ1n) is 7.51. The lowest BCUT2D eigenvalue weighted by molar-refractivity contribution is -0.119. The number of sulfone groups is 1. The van der Waals surface area contributed by atoms with Crippen LogP contribution in [0.3, 0.4) is 0 Å². The number of thiazole rings is 1. The number of rotatable bonds is 4. The SMILES string of the molecule is CS(=O)(=O)C1(C(=O)Nc2nc(-c3ccccn3)cs2)CCNCC1.Cl.Cl. The molecule has 2 aromatic rings. The summed E-state index contributed by atoms with van der Waals surface area (Å²) in [6.45, 7) is 0.995. The molecule has 7 nitrogen and oxygen atoms in total. The molecule has 26 heavy (non-hydrogen) atoms. The molecule has 0 radical (unpaired) electrons. The Bertz CT molecular complexity index is 838. The number of pyridine rings is 1. The van der Waals surface area contributed by atoms with E-state index in [2.05, 4.69) is 20.6 Å². The first-order chi connectivity index (χ1) is 11.4. The van der Waals surface area contributed by atoms with Crippen LogP contribution >= 0.6 is 36.2 Å². The maximum atomic E-state index is 12.7. The van der Waals surface area contributed by atoms with Crippen LogP contribution < -0.4 is 10.6 Å². The van der Waals surface area contributed by atoms with Gasteiger partial charge in [0.2, 0.25) is 5.91 Å². The van der Waals surface area contributed by atoms with Crippen LogP contribution in [0.15, 0.2) is 29.8 Å². The van der Waals surface area contributed by atoms with Crippen LogP contribution in [0, 0.1) is 0 Å². The first-order valence-corrected chi connectivity index (χ1v) is 10.3. The van der Waals surface area contributed by atoms with E-state index in [0.717, 1.165) is 6.26 Å². The number of amides is 1. The van der Waals surface area contributed by atoms with E-state index in [1.54, 1.807) is 11.6 Å². The molecule has 0 aliphatic carbocycles. The Morgan fingerprint density at radius 2 is 1.92 bits per heavy atom. The number of aromatic nitrogens is 2. The molecular formula is C15H20Cl2N4O3S2. The van der Waals surface area contributed by atoms with Crippen LogP contribution in [0.25, 0.3) is 11.4 Å². The van der Waals surface area contributed by atoms with Crippen LogP contribution in [0.2, 0.25) is 0 Å². The van der Waals surface area contributed by atoms with Crippen molar-refractivity contribution in [1.82, 2.24) is 15.3 Å². The van der Waals surface area contributed by atoms with Crippen molar-refractivity contribution in [2.75, 3.05) is 24.7 Å². The zero-order valence-corrected chi connectivity index (χ0v) is 17.2. The Morgan fingerprint density at radius 3 is 2.50 bits per heavy atom. The Kier molecular flexibility index (Phi) is 7.97. The normalized spacial score (nSPS) is 16.0. The van der Waals surface area contributed by atoms with E-state index in [1.165, 1.54) is 11.3 Å². The minimum absolute atomic E-state index is 0. The third kappa shape index (κ3) is 4.52. The minimum atomic E-state index is -3.54. The van der Waals surface area contributed by atoms with Gasteiger partial charge in [0.25, 0.3) is 0 Å². The van der Waals surface area contributed by atoms with Crippen molar-refractivity contribution >= 4 is 57.0 Å². The van der Waals surface area contributed by atoms with Gasteiger partial charge in [-0.05, 0) is 38.1 Å². The van der Waals surface area contributed by atoms with Crippen LogP contribution in [-0.2, 0) is 14.6 Å². The van der Waals surface area contributed by atoms with Gasteiger partial charge in [-0.2, -0.15) is 0 Å². The van der Waals surface area contributed by atoms with Crippen LogP contribution in [0.1, 0.15) is 12.8 Å². The van der Waals surface area contributed by atoms with E-state index < -0.39 is 20.5 Å². The summed E-state index contributed by atoms with van der Waals surface area (Å²) in [4.78, 5) is 21.3. The molecule has 0 aromatic carbocycles. The summed E-state index contributed by atoms with van der Waals surface area (Å²) in [5.74, 6) is -0.506. The van der Waals surface area contributed by atoms with Gasteiger partial charge < -0.3 is 10.6 Å². The summed E-state index contributed by atoms with van der Waals surface area (Å²) in [6.07, 6.45) is 3.31. The summed E-state index contributed by atoms with van der Waals surface area (Å²) in [5, 5.41) is 7.94. The van der Waals surface area contributed by atoms with E-state index >= 15 is 0 Å². The monoisotopic (exact) mass is 438 g/mol. The molecule has 1 fully saturated rings. The van der Waals surface area contributed by atoms with Gasteiger partial charge in [-0.15, -0.1) is 36.2 Å². The third-order valence-corrected chi connectivity index (χ3v) is 6.96. The molecule has 1 saturated heterocycles. The van der Waals surface area contributed by atoms with Crippen molar-refractivity contribution in [2.45, 2.75) is 17.6 Å². The molecule has 0 bridgehead atoms. The number of hydrogen-bond acceptors (Lipinski definition) is 7. The predicted octanol–water partition coefficient (Wildman–Crippen LogP) is 2.15. The largest absolute Gasteiger partial charge is 0.317 e. The number of nitrogens with one attached hydrogen (secondary N) is 2. The molecule has 2 aromatic heterocycles. The Morgan fingerprint density at radius 1 is 1.23 bits per heavy atom. The molecule has 2 N–H and O–H groups in total. The van der Waals surface area contributed by atoms with Crippen LogP contribution in [-0.4, -0.2) is 48.4 Å². The first kappa shape index (κ1) is 22.8. The van der Waals surface area contributed by atoms with Crippen molar-refractivity contribution in [3.8, 4) is 11.4 Å². The van der Waals surface area contributed by atoms with Crippen LogP contribution in [0.4, 0.5) is 5.13 Å². The fourth-order valence-electron chi connectivity index (χ4n) is 2.77. The summed E-state index contributed by atoms with van der Waals surface area (Å²) in [6, 6.07) is 5.49. The molecule has 3 rings (SSSR count). The third-order valence-electron chi connectivity index (χ3n) is 4.19. The van der Waals surface area contributed by atoms with Crippen molar-refractivity contribution in [2.24, 2.45) is 0 Å². The van der Waals surface area contributed by atoms with E-state index in [-0.39, 0.29) is 37.7 Å². The lowest BCUT2D eigenvalue weighted by Gasteiger charge is -2.33. The number of piperidine rings is 1. The summed E-state index contributed by atoms with van der Waals surface area (Å²) < 4.78 is 23.1. The zero-order valence-electron chi connectivity index (χ0n) is 14.0. The van der Waals surface area contributed by atoms with E-state index in [9.17, 15) is 13.2 Å². The molecular weight excluding hydrogens is 419 g/mol. The molecule has 1 aliphatic rings. The van der Waals surface area contributed by atoms with E-state index in [1.807, 2.05) is 18.2 Å². The molecule has 0 spiro atoms. The molecule has 0 atom stereocenters. The van der Waals surface area contributed by atoms with Crippen LogP contribution in [0.5, 0.6) is 0 Å². The molecule has 0 unspecified atom stereocenters. The van der Waals surface area contributed by atoms with E-state index in [4.69, 9.17) is 0 Å². The summed E-state index contributed by atoms with van der Waals surface area (Å²) in [7, 11) is -3.54. The maximum absolute atomic E-state index is 12.7. The van der Waals surface area contributed by atoms with Crippen molar-refractivity contribution in [3.63, 3.8) is 0 Å². The predicted molar refractivity (Wildman–Crippen MR) is 108 cm³/mol. The van der Waals surface area contributed by atoms with Gasteiger partial charge >= 0.3 is 0 Å². The highest BCUT2D eigenvalue weighted by Crippen LogP contribution is 2.31. The van der Waals surface area contributed by atoms with E-state index in [0.29, 0.717) is 29.6 Å². The topological polar surface area (TPSA) is 101 Å². The highest BCUT2D eigenvalue weighted by atomic mass is 35.5. The van der Waals surface area contributed by atoms with Gasteiger partial charge in [-0.3, -0.25) is 9.78 Å². The van der Waals surface area contributed by atoms with Gasteiger partial charge in [0.1, 0.15) is 5.69 Å². The fraction of sp³-hybridized carbons (Fsp3) is 0.400. The maximum Gasteiger partial charge on any atom is 0.247 e. The summed E-state index contributed by atoms with van der Waals surface area (Å²) >= 11 is 1.25. The van der Waals surface area contributed by atoms with Gasteiger partial charge in [-0.1, -0.05) is 6.07 Å². The van der Waals surface area contributed by atoms with Gasteiger partial charge in [-0.25, -0.2) is 13.4 Å². The fourth-order valence-corrected chi connectivity index (χ4v) is 4.80. The van der Waals surface area contributed by atoms with Gasteiger partial charge in [0, 0.05) is 17.8 Å². The average Bonchev–Trinajstić information content (AvgIpc) is 3.04. The second kappa shape index (κ2) is 9.09. The van der Waals surface area contributed by atoms with Gasteiger partial charge in [0.05, 0.1) is 5.69 Å². The number of nitrogens with zero attached hydrogens (tertiary/aromatic N) is 2. The van der Waals surface area contributed by atoms with Crippen molar-refractivity contribution < 1.29 is 13.2 Å². The molecule has 1 amide bonds.